The Bertz CT molecular complexity index is 1400. The van der Waals surface area contributed by atoms with E-state index in [0.717, 1.165) is 22.7 Å². The summed E-state index contributed by atoms with van der Waals surface area (Å²) >= 11 is 1.06. The van der Waals surface area contributed by atoms with Crippen LogP contribution in [-0.4, -0.2) is 49.3 Å². The molecule has 178 valence electrons. The SMILES string of the molecule is COc1ccc(-c2cc(C(=O)Nc3ccccc3SC(=O)N(C)C)c3ccccc3n2)cc1OC. The lowest BCUT2D eigenvalue weighted by Gasteiger charge is -2.15. The normalized spacial score (nSPS) is 10.6. The van der Waals surface area contributed by atoms with Gasteiger partial charge in [-0.2, -0.15) is 0 Å². The summed E-state index contributed by atoms with van der Waals surface area (Å²) in [5.74, 6) is 0.884. The van der Waals surface area contributed by atoms with Gasteiger partial charge in [-0.1, -0.05) is 30.3 Å². The van der Waals surface area contributed by atoms with Gasteiger partial charge in [-0.15, -0.1) is 0 Å². The highest BCUT2D eigenvalue weighted by Crippen LogP contribution is 2.34. The van der Waals surface area contributed by atoms with Gasteiger partial charge in [0.25, 0.3) is 11.1 Å². The second kappa shape index (κ2) is 10.5. The quantitative estimate of drug-likeness (QED) is 0.339. The van der Waals surface area contributed by atoms with E-state index < -0.39 is 0 Å². The minimum atomic E-state index is -0.296. The molecule has 4 rings (SSSR count). The van der Waals surface area contributed by atoms with Crippen LogP contribution in [0, 0.1) is 0 Å². The first-order valence-corrected chi connectivity index (χ1v) is 11.6. The molecule has 1 heterocycles. The molecule has 2 amide bonds. The molecule has 1 N–H and O–H groups in total. The maximum Gasteiger partial charge on any atom is 0.286 e. The molecule has 0 radical (unpaired) electrons. The molecule has 35 heavy (non-hydrogen) atoms. The Kier molecular flexibility index (Phi) is 7.22. The van der Waals surface area contributed by atoms with Crippen molar-refractivity contribution in [1.82, 2.24) is 9.88 Å². The number of anilines is 1. The van der Waals surface area contributed by atoms with E-state index in [4.69, 9.17) is 14.5 Å². The highest BCUT2D eigenvalue weighted by Gasteiger charge is 2.18. The average molecular weight is 488 g/mol. The number of carbonyl (C=O) groups excluding carboxylic acids is 2. The number of benzene rings is 3. The molecule has 7 nitrogen and oxygen atoms in total. The zero-order valence-electron chi connectivity index (χ0n) is 19.9. The van der Waals surface area contributed by atoms with Crippen molar-refractivity contribution >= 4 is 39.5 Å². The van der Waals surface area contributed by atoms with Crippen LogP contribution in [0.2, 0.25) is 0 Å². The first kappa shape index (κ1) is 24.1. The maximum atomic E-state index is 13.5. The minimum absolute atomic E-state index is 0.128. The molecule has 0 unspecified atom stereocenters. The number of ether oxygens (including phenoxy) is 2. The van der Waals surface area contributed by atoms with E-state index in [0.29, 0.717) is 38.9 Å². The van der Waals surface area contributed by atoms with Crippen LogP contribution in [0.5, 0.6) is 11.5 Å². The Balaban J connectivity index is 1.75. The molecule has 3 aromatic carbocycles. The van der Waals surface area contributed by atoms with E-state index in [-0.39, 0.29) is 11.1 Å². The first-order chi connectivity index (χ1) is 16.9. The molecule has 8 heteroatoms. The van der Waals surface area contributed by atoms with Crippen LogP contribution in [0.15, 0.2) is 77.7 Å². The van der Waals surface area contributed by atoms with Gasteiger partial charge in [0.15, 0.2) is 11.5 Å². The molecular formula is C27H25N3O4S. The van der Waals surface area contributed by atoms with Crippen molar-refractivity contribution in [1.29, 1.82) is 0 Å². The van der Waals surface area contributed by atoms with Gasteiger partial charge < -0.3 is 19.7 Å². The number of hydrogen-bond donors (Lipinski definition) is 1. The van der Waals surface area contributed by atoms with Crippen molar-refractivity contribution in [3.05, 3.63) is 78.4 Å². The Hall–Kier alpha value is -4.04. The molecule has 1 aromatic heterocycles. The molecule has 0 aliphatic rings. The molecule has 0 aliphatic carbocycles. The van der Waals surface area contributed by atoms with Crippen LogP contribution in [0.3, 0.4) is 0 Å². The van der Waals surface area contributed by atoms with Gasteiger partial charge in [0, 0.05) is 29.9 Å². The Morgan fingerprint density at radius 1 is 0.886 bits per heavy atom. The maximum absolute atomic E-state index is 13.5. The third kappa shape index (κ3) is 5.22. The Morgan fingerprint density at radius 3 is 2.34 bits per heavy atom. The molecular weight excluding hydrogens is 462 g/mol. The van der Waals surface area contributed by atoms with Gasteiger partial charge in [-0.05, 0) is 54.2 Å². The number of nitrogens with one attached hydrogen (secondary N) is 1. The average Bonchev–Trinajstić information content (AvgIpc) is 2.88. The lowest BCUT2D eigenvalue weighted by Crippen LogP contribution is -2.17. The molecule has 0 bridgehead atoms. The number of methoxy groups -OCH3 is 2. The van der Waals surface area contributed by atoms with Gasteiger partial charge in [-0.3, -0.25) is 9.59 Å². The highest BCUT2D eigenvalue weighted by atomic mass is 32.2. The Labute approximate surface area is 208 Å². The van der Waals surface area contributed by atoms with E-state index in [2.05, 4.69) is 5.32 Å². The second-order valence-electron chi connectivity index (χ2n) is 7.85. The molecule has 0 atom stereocenters. The topological polar surface area (TPSA) is 80.8 Å². The standard InChI is InChI=1S/C27H25N3O4S/c1-30(2)27(32)35-25-12-8-7-11-21(25)29-26(31)19-16-22(28-20-10-6-5-9-18(19)20)17-13-14-23(33-3)24(15-17)34-4/h5-16H,1-4H3,(H,29,31). The molecule has 0 saturated heterocycles. The number of hydrogen-bond acceptors (Lipinski definition) is 6. The minimum Gasteiger partial charge on any atom is -0.493 e. The van der Waals surface area contributed by atoms with Crippen molar-refractivity contribution in [2.45, 2.75) is 4.90 Å². The first-order valence-electron chi connectivity index (χ1n) is 10.8. The number of amides is 2. The number of fused-ring (bicyclic) bond motifs is 1. The van der Waals surface area contributed by atoms with E-state index in [1.165, 1.54) is 4.90 Å². The third-order valence-corrected chi connectivity index (χ3v) is 6.45. The summed E-state index contributed by atoms with van der Waals surface area (Å²) in [5, 5.41) is 3.58. The summed E-state index contributed by atoms with van der Waals surface area (Å²) < 4.78 is 10.8. The largest absolute Gasteiger partial charge is 0.493 e. The van der Waals surface area contributed by atoms with Crippen LogP contribution in [0.25, 0.3) is 22.2 Å². The number of aromatic nitrogens is 1. The predicted octanol–water partition coefficient (Wildman–Crippen LogP) is 5.95. The van der Waals surface area contributed by atoms with Crippen molar-refractivity contribution in [2.75, 3.05) is 33.6 Å². The van der Waals surface area contributed by atoms with Gasteiger partial charge >= 0.3 is 0 Å². The van der Waals surface area contributed by atoms with Crippen LogP contribution >= 0.6 is 11.8 Å². The van der Waals surface area contributed by atoms with E-state index in [9.17, 15) is 9.59 Å². The van der Waals surface area contributed by atoms with E-state index in [1.54, 1.807) is 52.6 Å². The fourth-order valence-electron chi connectivity index (χ4n) is 3.54. The lowest BCUT2D eigenvalue weighted by molar-refractivity contribution is 0.102. The molecule has 0 spiro atoms. The van der Waals surface area contributed by atoms with Crippen LogP contribution in [0.1, 0.15) is 10.4 Å². The zero-order chi connectivity index (χ0) is 24.9. The summed E-state index contributed by atoms with van der Waals surface area (Å²) in [4.78, 5) is 32.7. The van der Waals surface area contributed by atoms with E-state index >= 15 is 0 Å². The smallest absolute Gasteiger partial charge is 0.286 e. The molecule has 4 aromatic rings. The zero-order valence-corrected chi connectivity index (χ0v) is 20.7. The fourth-order valence-corrected chi connectivity index (χ4v) is 4.29. The Morgan fingerprint density at radius 2 is 1.60 bits per heavy atom. The van der Waals surface area contributed by atoms with Gasteiger partial charge in [0.2, 0.25) is 0 Å². The van der Waals surface area contributed by atoms with E-state index in [1.807, 2.05) is 48.5 Å². The van der Waals surface area contributed by atoms with Crippen molar-refractivity contribution in [3.8, 4) is 22.8 Å². The lowest BCUT2D eigenvalue weighted by atomic mass is 10.0. The van der Waals surface area contributed by atoms with Gasteiger partial charge in [0.05, 0.1) is 36.7 Å². The number of thioether (sulfide) groups is 1. The number of rotatable bonds is 6. The summed E-state index contributed by atoms with van der Waals surface area (Å²) in [7, 11) is 6.53. The molecule has 0 fully saturated rings. The number of carbonyl (C=O) groups is 2. The third-order valence-electron chi connectivity index (χ3n) is 5.34. The summed E-state index contributed by atoms with van der Waals surface area (Å²) in [5.41, 5.74) is 3.14. The molecule has 0 aliphatic heterocycles. The fraction of sp³-hybridized carbons (Fsp3) is 0.148. The number of para-hydroxylation sites is 2. The summed E-state index contributed by atoms with van der Waals surface area (Å²) in [6, 6.07) is 22.0. The monoisotopic (exact) mass is 487 g/mol. The van der Waals surface area contributed by atoms with Gasteiger partial charge in [-0.25, -0.2) is 4.98 Å². The van der Waals surface area contributed by atoms with Crippen LogP contribution in [-0.2, 0) is 0 Å². The highest BCUT2D eigenvalue weighted by molar-refractivity contribution is 8.13. The predicted molar refractivity (Wildman–Crippen MR) is 140 cm³/mol. The van der Waals surface area contributed by atoms with Crippen LogP contribution < -0.4 is 14.8 Å². The summed E-state index contributed by atoms with van der Waals surface area (Å²) in [6.45, 7) is 0. The van der Waals surface area contributed by atoms with Crippen molar-refractivity contribution in [2.24, 2.45) is 0 Å². The van der Waals surface area contributed by atoms with Gasteiger partial charge in [0.1, 0.15) is 0 Å². The number of pyridine rings is 1. The van der Waals surface area contributed by atoms with Crippen molar-refractivity contribution in [3.63, 3.8) is 0 Å². The van der Waals surface area contributed by atoms with Crippen molar-refractivity contribution < 1.29 is 19.1 Å². The van der Waals surface area contributed by atoms with Crippen LogP contribution in [0.4, 0.5) is 10.5 Å². The number of nitrogens with zero attached hydrogens (tertiary/aromatic N) is 2. The summed E-state index contributed by atoms with van der Waals surface area (Å²) in [6.07, 6.45) is 0. The second-order valence-corrected chi connectivity index (χ2v) is 8.85. The molecule has 0 saturated carbocycles.